The number of rotatable bonds is 8. The molecule has 11 heteroatoms. The standard InChI is InChI=1S/C36H40N4O6S/c1-36(2,3)46-35(43)40-28(24-47-34(40)26-13-9-16-37-23-26)33(42)39-20-18-38(19-21-39)17-10-22-44-32-30(41)27-14-7-8-15-29(27)45-31(32)25-11-5-4-6-12-25/h4-9,11-16,23,28,34H,10,17-22,24H2,1-3H3/p+1/t28-,34?/m0/s1. The highest BCUT2D eigenvalue weighted by Gasteiger charge is 2.51. The number of hydrogen-bond donors (Lipinski definition) is 0. The van der Waals surface area contributed by atoms with Crippen molar-refractivity contribution in [1.82, 2.24) is 19.7 Å². The van der Waals surface area contributed by atoms with Crippen LogP contribution in [-0.2, 0) is 21.3 Å². The molecule has 0 N–H and O–H groups in total. The minimum absolute atomic E-state index is 0.0470. The highest BCUT2D eigenvalue weighted by Crippen LogP contribution is 2.34. The van der Waals surface area contributed by atoms with Gasteiger partial charge in [0.15, 0.2) is 11.8 Å². The molecule has 2 aromatic carbocycles. The number of pyridine rings is 1. The third-order valence-electron chi connectivity index (χ3n) is 8.26. The maximum absolute atomic E-state index is 13.8. The van der Waals surface area contributed by atoms with Crippen molar-refractivity contribution >= 4 is 34.7 Å². The van der Waals surface area contributed by atoms with E-state index in [0.29, 0.717) is 61.7 Å². The number of aromatic nitrogens is 1. The summed E-state index contributed by atoms with van der Waals surface area (Å²) in [5, 5.41) is 0.197. The Balaban J connectivity index is 1.05. The lowest BCUT2D eigenvalue weighted by Gasteiger charge is -2.37. The molecule has 246 valence electrons. The van der Waals surface area contributed by atoms with Gasteiger partial charge in [-0.15, -0.1) is 0 Å². The van der Waals surface area contributed by atoms with Gasteiger partial charge in [-0.25, -0.2) is 9.69 Å². The zero-order valence-electron chi connectivity index (χ0n) is 27.0. The van der Waals surface area contributed by atoms with Gasteiger partial charge >= 0.3 is 6.09 Å². The predicted molar refractivity (Wildman–Crippen MR) is 184 cm³/mol. The average Bonchev–Trinajstić information content (AvgIpc) is 3.53. The van der Waals surface area contributed by atoms with Crippen molar-refractivity contribution < 1.29 is 23.5 Å². The summed E-state index contributed by atoms with van der Waals surface area (Å²) in [4.78, 5) is 50.6. The van der Waals surface area contributed by atoms with Crippen LogP contribution < -0.4 is 10.2 Å². The molecule has 0 spiro atoms. The minimum Gasteiger partial charge on any atom is -0.486 e. The number of carbonyl (C=O) groups excluding carboxylic acids is 2. The normalized spacial score (nSPS) is 18.8. The van der Waals surface area contributed by atoms with Gasteiger partial charge in [0, 0.05) is 68.0 Å². The largest absolute Gasteiger partial charge is 0.486 e. The van der Waals surface area contributed by atoms with E-state index in [2.05, 4.69) is 9.88 Å². The molecule has 2 saturated heterocycles. The molecule has 6 rings (SSSR count). The summed E-state index contributed by atoms with van der Waals surface area (Å²) in [6, 6.07) is 19.9. The topological polar surface area (TPSA) is 105 Å². The molecule has 0 bridgehead atoms. The number of benzene rings is 2. The molecule has 0 radical (unpaired) electrons. The zero-order chi connectivity index (χ0) is 33.0. The Labute approximate surface area is 278 Å². The van der Waals surface area contributed by atoms with Crippen LogP contribution in [0.15, 0.2) is 88.3 Å². The molecular weight excluding hydrogens is 616 g/mol. The molecule has 2 atom stereocenters. The molecule has 0 aliphatic carbocycles. The fraction of sp³-hybridized carbons (Fsp3) is 0.389. The van der Waals surface area contributed by atoms with E-state index in [9.17, 15) is 14.4 Å². The average molecular weight is 658 g/mol. The van der Waals surface area contributed by atoms with Gasteiger partial charge in [-0.1, -0.05) is 42.5 Å². The Bertz CT molecular complexity index is 1750. The molecule has 4 aromatic rings. The minimum atomic E-state index is -0.680. The Morgan fingerprint density at radius 3 is 2.45 bits per heavy atom. The predicted octanol–water partition coefficient (Wildman–Crippen LogP) is 4.90. The first-order valence-electron chi connectivity index (χ1n) is 16.0. The second-order valence-electron chi connectivity index (χ2n) is 12.7. The summed E-state index contributed by atoms with van der Waals surface area (Å²) in [5.74, 6) is 1.15. The van der Waals surface area contributed by atoms with Crippen LogP contribution >= 0.6 is 0 Å². The van der Waals surface area contributed by atoms with Crippen LogP contribution in [0.2, 0.25) is 0 Å². The summed E-state index contributed by atoms with van der Waals surface area (Å²) in [6.07, 6.45) is 3.67. The van der Waals surface area contributed by atoms with Crippen molar-refractivity contribution in [2.75, 3.05) is 45.1 Å². The van der Waals surface area contributed by atoms with E-state index >= 15 is 0 Å². The number of thiol groups is 1. The van der Waals surface area contributed by atoms with Gasteiger partial charge in [-0.05, 0) is 51.5 Å². The van der Waals surface area contributed by atoms with Crippen LogP contribution in [0.5, 0.6) is 5.75 Å². The van der Waals surface area contributed by atoms with E-state index in [1.54, 1.807) is 29.4 Å². The van der Waals surface area contributed by atoms with Crippen LogP contribution in [0, 0.1) is 0 Å². The van der Waals surface area contributed by atoms with Gasteiger partial charge in [0.2, 0.25) is 16.6 Å². The first-order valence-corrected chi connectivity index (χ1v) is 17.2. The fourth-order valence-electron chi connectivity index (χ4n) is 5.98. The van der Waals surface area contributed by atoms with Crippen molar-refractivity contribution in [3.05, 3.63) is 94.9 Å². The first-order chi connectivity index (χ1) is 22.7. The smallest absolute Gasteiger partial charge is 0.415 e. The third-order valence-corrected chi connectivity index (χ3v) is 9.71. The van der Waals surface area contributed by atoms with E-state index < -0.39 is 17.7 Å². The molecule has 2 aromatic heterocycles. The lowest BCUT2D eigenvalue weighted by atomic mass is 10.1. The van der Waals surface area contributed by atoms with Gasteiger partial charge in [-0.3, -0.25) is 19.5 Å². The quantitative estimate of drug-likeness (QED) is 0.150. The number of carbonyl (C=O) groups is 2. The molecular formula is C36H41N4O6S+. The van der Waals surface area contributed by atoms with Crippen LogP contribution in [0.4, 0.5) is 4.79 Å². The molecule has 2 aliphatic heterocycles. The summed E-state index contributed by atoms with van der Waals surface area (Å²) < 4.78 is 18.0. The number of piperazine rings is 1. The molecule has 0 saturated carbocycles. The Kier molecular flexibility index (Phi) is 9.84. The number of nitrogens with zero attached hydrogens (tertiary/aromatic N) is 4. The monoisotopic (exact) mass is 657 g/mol. The number of fused-ring (bicyclic) bond motifs is 1. The van der Waals surface area contributed by atoms with Gasteiger partial charge in [0.1, 0.15) is 16.9 Å². The highest BCUT2D eigenvalue weighted by molar-refractivity contribution is 7.79. The van der Waals surface area contributed by atoms with E-state index in [1.165, 1.54) is 0 Å². The molecule has 47 heavy (non-hydrogen) atoms. The van der Waals surface area contributed by atoms with Crippen LogP contribution in [0.25, 0.3) is 22.3 Å². The van der Waals surface area contributed by atoms with E-state index in [-0.39, 0.29) is 22.5 Å². The summed E-state index contributed by atoms with van der Waals surface area (Å²) in [7, 11) is 0. The summed E-state index contributed by atoms with van der Waals surface area (Å²) in [5.41, 5.74) is 1.33. The van der Waals surface area contributed by atoms with Gasteiger partial charge in [0.25, 0.3) is 5.91 Å². The molecule has 4 heterocycles. The summed E-state index contributed by atoms with van der Waals surface area (Å²) >= 11 is 0.965. The lowest BCUT2D eigenvalue weighted by molar-refractivity contribution is -0.137. The molecule has 2 fully saturated rings. The van der Waals surface area contributed by atoms with Gasteiger partial charge in [0.05, 0.1) is 12.0 Å². The molecule has 2 aliphatic rings. The van der Waals surface area contributed by atoms with Crippen molar-refractivity contribution in [3.63, 3.8) is 0 Å². The van der Waals surface area contributed by atoms with Crippen molar-refractivity contribution in [2.45, 2.75) is 44.2 Å². The first kappa shape index (κ1) is 32.6. The number of ether oxygens (including phenoxy) is 2. The maximum Gasteiger partial charge on any atom is 0.415 e. The third kappa shape index (κ3) is 7.47. The van der Waals surface area contributed by atoms with Gasteiger partial charge in [-0.2, -0.15) is 0 Å². The number of hydrogen-bond acceptors (Lipinski definition) is 8. The zero-order valence-corrected chi connectivity index (χ0v) is 27.9. The van der Waals surface area contributed by atoms with Crippen LogP contribution in [-0.4, -0.2) is 88.4 Å². The molecule has 1 unspecified atom stereocenters. The highest BCUT2D eigenvalue weighted by atomic mass is 32.2. The van der Waals surface area contributed by atoms with Crippen LogP contribution in [0.1, 0.15) is 38.1 Å². The number of amides is 2. The molecule has 10 nitrogen and oxygen atoms in total. The Morgan fingerprint density at radius 1 is 0.979 bits per heavy atom. The Hall–Kier alpha value is -4.35. The summed E-state index contributed by atoms with van der Waals surface area (Å²) in [6.45, 7) is 9.16. The van der Waals surface area contributed by atoms with Gasteiger partial charge < -0.3 is 18.8 Å². The van der Waals surface area contributed by atoms with E-state index in [4.69, 9.17) is 13.9 Å². The van der Waals surface area contributed by atoms with Crippen molar-refractivity contribution in [3.8, 4) is 17.1 Å². The SMILES string of the molecule is CC(C)(C)OC(=O)N1C(c2cccnc2)[SH+]C[C@H]1C(=O)N1CCN(CCCOc2c(-c3ccccc3)oc3ccccc3c2=O)CC1. The lowest BCUT2D eigenvalue weighted by Crippen LogP contribution is -2.55. The Morgan fingerprint density at radius 2 is 1.72 bits per heavy atom. The van der Waals surface area contributed by atoms with Crippen molar-refractivity contribution in [1.29, 1.82) is 0 Å². The maximum atomic E-state index is 13.8. The fourth-order valence-corrected chi connectivity index (χ4v) is 7.51. The van der Waals surface area contributed by atoms with Crippen molar-refractivity contribution in [2.24, 2.45) is 0 Å². The second-order valence-corrected chi connectivity index (χ2v) is 14.0. The van der Waals surface area contributed by atoms with Crippen LogP contribution in [0.3, 0.4) is 0 Å². The molecule has 2 amide bonds. The van der Waals surface area contributed by atoms with E-state index in [0.717, 1.165) is 29.4 Å². The van der Waals surface area contributed by atoms with E-state index in [1.807, 2.05) is 80.3 Å². The number of para-hydroxylation sites is 1. The second kappa shape index (κ2) is 14.2.